The van der Waals surface area contributed by atoms with Gasteiger partial charge in [-0.05, 0) is 82.5 Å². The van der Waals surface area contributed by atoms with E-state index in [1.807, 2.05) is 17.9 Å². The van der Waals surface area contributed by atoms with Crippen LogP contribution in [0.5, 0.6) is 0 Å². The fourth-order valence-corrected chi connectivity index (χ4v) is 7.31. The van der Waals surface area contributed by atoms with Gasteiger partial charge in [-0.25, -0.2) is 0 Å². The van der Waals surface area contributed by atoms with Gasteiger partial charge in [0.1, 0.15) is 5.41 Å². The molecule has 6 aliphatic rings. The first-order valence-corrected chi connectivity index (χ1v) is 11.8. The summed E-state index contributed by atoms with van der Waals surface area (Å²) in [4.78, 5) is 42.0. The Labute approximate surface area is 179 Å². The molecule has 2 aliphatic heterocycles. The second-order valence-corrected chi connectivity index (χ2v) is 11.0. The fraction of sp³-hybridized carbons (Fsp3) is 0.792. The molecule has 0 radical (unpaired) electrons. The van der Waals surface area contributed by atoms with Crippen molar-refractivity contribution < 1.29 is 14.4 Å². The Morgan fingerprint density at radius 2 is 1.70 bits per heavy atom. The highest BCUT2D eigenvalue weighted by Gasteiger charge is 2.51. The monoisotopic (exact) mass is 413 g/mol. The predicted octanol–water partition coefficient (Wildman–Crippen LogP) is 2.34. The highest BCUT2D eigenvalue weighted by atomic mass is 16.2. The lowest BCUT2D eigenvalue weighted by molar-refractivity contribution is -0.150. The van der Waals surface area contributed by atoms with Crippen molar-refractivity contribution in [1.82, 2.24) is 15.1 Å². The molecule has 0 aromatic heterocycles. The van der Waals surface area contributed by atoms with E-state index in [2.05, 4.69) is 5.32 Å². The van der Waals surface area contributed by atoms with Crippen LogP contribution in [0, 0.1) is 29.1 Å². The molecule has 0 aromatic carbocycles. The summed E-state index contributed by atoms with van der Waals surface area (Å²) in [6, 6.07) is -0.00451. The van der Waals surface area contributed by atoms with Crippen molar-refractivity contribution in [1.29, 1.82) is 0 Å². The molecule has 3 unspecified atom stereocenters. The zero-order chi connectivity index (χ0) is 21.2. The highest BCUT2D eigenvalue weighted by molar-refractivity contribution is 6.06. The van der Waals surface area contributed by atoms with E-state index >= 15 is 0 Å². The number of nitrogens with zero attached hydrogens (tertiary/aromatic N) is 2. The number of carbonyl (C=O) groups is 3. The fourth-order valence-electron chi connectivity index (χ4n) is 7.31. The van der Waals surface area contributed by atoms with Gasteiger partial charge in [0.05, 0.1) is 0 Å². The van der Waals surface area contributed by atoms with E-state index in [1.165, 1.54) is 37.7 Å². The van der Waals surface area contributed by atoms with Gasteiger partial charge in [0, 0.05) is 38.3 Å². The second-order valence-electron chi connectivity index (χ2n) is 11.0. The number of nitrogens with one attached hydrogen (secondary N) is 1. The topological polar surface area (TPSA) is 69.7 Å². The maximum Gasteiger partial charge on any atom is 0.244 e. The Morgan fingerprint density at radius 3 is 2.27 bits per heavy atom. The van der Waals surface area contributed by atoms with Crippen molar-refractivity contribution in [3.05, 3.63) is 11.6 Å². The summed E-state index contributed by atoms with van der Waals surface area (Å²) < 4.78 is 0. The van der Waals surface area contributed by atoms with E-state index < -0.39 is 5.41 Å². The number of amides is 3. The van der Waals surface area contributed by atoms with Crippen molar-refractivity contribution in [2.75, 3.05) is 20.1 Å². The van der Waals surface area contributed by atoms with Gasteiger partial charge < -0.3 is 15.1 Å². The normalized spacial score (nSPS) is 42.2. The van der Waals surface area contributed by atoms with Gasteiger partial charge in [0.2, 0.25) is 17.7 Å². The standard InChI is InChI=1S/C24H35N3O3/c1-14-6-19(13-27(14)23(30)24(2)4-5-26(3)22(24)29)25-21(28)12-20-17-8-15-7-16(10-17)11-18(20)9-15/h12,14-19H,4-11,13H2,1-3H3,(H,25,28). The number of likely N-dealkylation sites (tertiary alicyclic amines) is 2. The van der Waals surface area contributed by atoms with E-state index in [0.29, 0.717) is 31.3 Å². The third-order valence-electron chi connectivity index (χ3n) is 8.80. The van der Waals surface area contributed by atoms with Crippen LogP contribution in [0.2, 0.25) is 0 Å². The average molecular weight is 414 g/mol. The van der Waals surface area contributed by atoms with Crippen LogP contribution in [0.25, 0.3) is 0 Å². The molecule has 164 valence electrons. The highest BCUT2D eigenvalue weighted by Crippen LogP contribution is 2.56. The molecule has 3 atom stereocenters. The molecule has 6 nitrogen and oxygen atoms in total. The molecule has 2 saturated heterocycles. The lowest BCUT2D eigenvalue weighted by Crippen LogP contribution is -2.48. The van der Waals surface area contributed by atoms with E-state index in [1.54, 1.807) is 18.9 Å². The Hall–Kier alpha value is -1.85. The van der Waals surface area contributed by atoms with Crippen molar-refractivity contribution in [3.8, 4) is 0 Å². The molecule has 6 heteroatoms. The van der Waals surface area contributed by atoms with Crippen molar-refractivity contribution >= 4 is 17.7 Å². The molecule has 2 heterocycles. The van der Waals surface area contributed by atoms with E-state index in [9.17, 15) is 14.4 Å². The van der Waals surface area contributed by atoms with Gasteiger partial charge in [-0.3, -0.25) is 14.4 Å². The molecule has 0 spiro atoms. The summed E-state index contributed by atoms with van der Waals surface area (Å²) in [5.74, 6) is 2.87. The molecule has 4 saturated carbocycles. The average Bonchev–Trinajstić information content (AvgIpc) is 3.18. The minimum Gasteiger partial charge on any atom is -0.348 e. The number of hydrogen-bond acceptors (Lipinski definition) is 3. The third-order valence-corrected chi connectivity index (χ3v) is 8.80. The Balaban J connectivity index is 1.22. The zero-order valence-electron chi connectivity index (χ0n) is 18.5. The molecule has 6 fully saturated rings. The predicted molar refractivity (Wildman–Crippen MR) is 113 cm³/mol. The quantitative estimate of drug-likeness (QED) is 0.570. The van der Waals surface area contributed by atoms with Gasteiger partial charge in [-0.2, -0.15) is 0 Å². The van der Waals surface area contributed by atoms with Gasteiger partial charge in [-0.15, -0.1) is 0 Å². The molecule has 6 rings (SSSR count). The molecule has 4 bridgehead atoms. The van der Waals surface area contributed by atoms with Crippen LogP contribution in [-0.4, -0.2) is 59.7 Å². The molecular weight excluding hydrogens is 378 g/mol. The smallest absolute Gasteiger partial charge is 0.244 e. The first-order valence-electron chi connectivity index (χ1n) is 11.8. The maximum absolute atomic E-state index is 13.2. The summed E-state index contributed by atoms with van der Waals surface area (Å²) in [5, 5.41) is 3.17. The van der Waals surface area contributed by atoms with Gasteiger partial charge >= 0.3 is 0 Å². The first-order chi connectivity index (χ1) is 14.2. The van der Waals surface area contributed by atoms with E-state index in [4.69, 9.17) is 0 Å². The number of allylic oxidation sites excluding steroid dienone is 1. The van der Waals surface area contributed by atoms with E-state index in [0.717, 1.165) is 18.3 Å². The number of hydrogen-bond donors (Lipinski definition) is 1. The SMILES string of the molecule is CC1CC(NC(=O)C=C2C3CC4CC(C3)CC2C4)CN1C(=O)C1(C)CCN(C)C1=O. The van der Waals surface area contributed by atoms with Crippen LogP contribution in [-0.2, 0) is 14.4 Å². The minimum absolute atomic E-state index is 0.00635. The van der Waals surface area contributed by atoms with Crippen LogP contribution in [0.3, 0.4) is 0 Å². The van der Waals surface area contributed by atoms with Crippen LogP contribution in [0.1, 0.15) is 58.8 Å². The lowest BCUT2D eigenvalue weighted by atomic mass is 9.54. The van der Waals surface area contributed by atoms with Crippen LogP contribution >= 0.6 is 0 Å². The molecule has 4 aliphatic carbocycles. The second kappa shape index (κ2) is 7.10. The summed E-state index contributed by atoms with van der Waals surface area (Å²) in [6.45, 7) is 4.92. The first kappa shape index (κ1) is 20.1. The minimum atomic E-state index is -0.954. The van der Waals surface area contributed by atoms with Gasteiger partial charge in [0.25, 0.3) is 0 Å². The zero-order valence-corrected chi connectivity index (χ0v) is 18.5. The van der Waals surface area contributed by atoms with Crippen molar-refractivity contribution in [3.63, 3.8) is 0 Å². The molecular formula is C24H35N3O3. The van der Waals surface area contributed by atoms with Gasteiger partial charge in [-0.1, -0.05) is 5.57 Å². The van der Waals surface area contributed by atoms with Gasteiger partial charge in [0.15, 0.2) is 0 Å². The molecule has 1 N–H and O–H groups in total. The Kier molecular flexibility index (Phi) is 4.75. The van der Waals surface area contributed by atoms with Crippen molar-refractivity contribution in [2.45, 2.75) is 70.9 Å². The van der Waals surface area contributed by atoms with Crippen molar-refractivity contribution in [2.24, 2.45) is 29.1 Å². The van der Waals surface area contributed by atoms with Crippen LogP contribution in [0.15, 0.2) is 11.6 Å². The van der Waals surface area contributed by atoms with Crippen LogP contribution in [0.4, 0.5) is 0 Å². The summed E-state index contributed by atoms with van der Waals surface area (Å²) in [5.41, 5.74) is 0.440. The molecule has 3 amide bonds. The van der Waals surface area contributed by atoms with E-state index in [-0.39, 0.29) is 29.8 Å². The van der Waals surface area contributed by atoms with Crippen LogP contribution < -0.4 is 5.32 Å². The molecule has 30 heavy (non-hydrogen) atoms. The Bertz CT molecular complexity index is 776. The summed E-state index contributed by atoms with van der Waals surface area (Å²) in [7, 11) is 1.76. The number of carbonyl (C=O) groups excluding carboxylic acids is 3. The molecule has 0 aromatic rings. The lowest BCUT2D eigenvalue weighted by Gasteiger charge is -2.51. The maximum atomic E-state index is 13.2. The summed E-state index contributed by atoms with van der Waals surface area (Å²) >= 11 is 0. The third kappa shape index (κ3) is 3.18. The summed E-state index contributed by atoms with van der Waals surface area (Å²) in [6.07, 6.45) is 9.72. The largest absolute Gasteiger partial charge is 0.348 e. The number of rotatable bonds is 3. The Morgan fingerprint density at radius 1 is 1.07 bits per heavy atom.